The Morgan fingerprint density at radius 1 is 1.08 bits per heavy atom. The average molecular weight is 397 g/mol. The van der Waals surface area contributed by atoms with E-state index in [1.54, 1.807) is 19.9 Å². The molecule has 2 aromatic rings. The van der Waals surface area contributed by atoms with Gasteiger partial charge in [-0.25, -0.2) is 4.79 Å². The summed E-state index contributed by atoms with van der Waals surface area (Å²) in [5.74, 6) is -0.885. The molecule has 7 heteroatoms. The summed E-state index contributed by atoms with van der Waals surface area (Å²) in [7, 11) is 1.33. The molecule has 1 aliphatic heterocycles. The molecule has 0 spiro atoms. The van der Waals surface area contributed by atoms with Crippen LogP contribution in [-0.4, -0.2) is 28.5 Å². The smallest absolute Gasteiger partial charge is 0.344 e. The van der Waals surface area contributed by atoms with Crippen LogP contribution in [0.5, 0.6) is 0 Å². The van der Waals surface area contributed by atoms with Gasteiger partial charge in [-0.3, -0.25) is 0 Å². The van der Waals surface area contributed by atoms with Crippen molar-refractivity contribution in [1.82, 2.24) is 0 Å². The number of methoxy groups -OCH3 is 1. The molecule has 2 aromatic heterocycles. The molecule has 0 amide bonds. The van der Waals surface area contributed by atoms with Crippen LogP contribution in [0, 0.1) is 5.92 Å². The summed E-state index contributed by atoms with van der Waals surface area (Å²) in [6.45, 7) is 3.47. The highest BCUT2D eigenvalue weighted by Crippen LogP contribution is 2.53. The standard InChI is InChI=1S/C18H20O4S3/c1-17(20,13-6-4-8-23-13)11-10-12(16(19)22-3)25-15(11)18(2,21)14-7-5-9-24-14/h4-11,15,20-21H,1-3H3. The van der Waals surface area contributed by atoms with E-state index in [1.165, 1.54) is 41.5 Å². The second-order valence-electron chi connectivity index (χ2n) is 6.34. The number of aliphatic hydroxyl groups is 2. The van der Waals surface area contributed by atoms with Gasteiger partial charge in [0.1, 0.15) is 11.2 Å². The zero-order valence-electron chi connectivity index (χ0n) is 14.1. The van der Waals surface area contributed by atoms with Gasteiger partial charge in [0.05, 0.1) is 17.3 Å². The molecule has 0 saturated carbocycles. The lowest BCUT2D eigenvalue weighted by atomic mass is 9.78. The monoisotopic (exact) mass is 396 g/mol. The Hall–Kier alpha value is -1.12. The Bertz CT molecular complexity index is 760. The maximum absolute atomic E-state index is 12.1. The molecule has 0 saturated heterocycles. The lowest BCUT2D eigenvalue weighted by molar-refractivity contribution is -0.135. The van der Waals surface area contributed by atoms with Crippen LogP contribution in [0.1, 0.15) is 23.6 Å². The number of hydrogen-bond acceptors (Lipinski definition) is 7. The van der Waals surface area contributed by atoms with E-state index in [0.717, 1.165) is 9.75 Å². The van der Waals surface area contributed by atoms with Gasteiger partial charge in [0.2, 0.25) is 0 Å². The highest BCUT2D eigenvalue weighted by atomic mass is 32.2. The Morgan fingerprint density at radius 3 is 2.12 bits per heavy atom. The minimum atomic E-state index is -1.21. The molecule has 0 bridgehead atoms. The van der Waals surface area contributed by atoms with Crippen LogP contribution in [0.15, 0.2) is 46.0 Å². The quantitative estimate of drug-likeness (QED) is 0.754. The fraction of sp³-hybridized carbons (Fsp3) is 0.389. The number of hydrogen-bond donors (Lipinski definition) is 2. The van der Waals surface area contributed by atoms with Crippen LogP contribution in [0.25, 0.3) is 0 Å². The molecule has 2 N–H and O–H groups in total. The number of rotatable bonds is 5. The largest absolute Gasteiger partial charge is 0.465 e. The predicted molar refractivity (Wildman–Crippen MR) is 103 cm³/mol. The molecular weight excluding hydrogens is 376 g/mol. The van der Waals surface area contributed by atoms with Crippen molar-refractivity contribution in [2.75, 3.05) is 7.11 Å². The first-order valence-electron chi connectivity index (χ1n) is 7.78. The topological polar surface area (TPSA) is 66.8 Å². The second kappa shape index (κ2) is 6.89. The van der Waals surface area contributed by atoms with Crippen LogP contribution in [0.4, 0.5) is 0 Å². The maximum atomic E-state index is 12.1. The summed E-state index contributed by atoms with van der Waals surface area (Å²) >= 11 is 4.19. The summed E-state index contributed by atoms with van der Waals surface area (Å²) in [4.78, 5) is 14.1. The van der Waals surface area contributed by atoms with Gasteiger partial charge in [0, 0.05) is 15.7 Å². The average Bonchev–Trinajstić information content (AvgIpc) is 3.35. The number of ether oxygens (including phenoxy) is 1. The van der Waals surface area contributed by atoms with Gasteiger partial charge in [0.15, 0.2) is 0 Å². The van der Waals surface area contributed by atoms with Crippen LogP contribution in [-0.2, 0) is 20.7 Å². The van der Waals surface area contributed by atoms with Crippen molar-refractivity contribution in [2.45, 2.75) is 30.3 Å². The SMILES string of the molecule is COC(=O)C1=CC(C(C)(O)c2cccs2)C(C(C)(O)c2cccs2)S1. The number of carbonyl (C=O) groups is 1. The van der Waals surface area contributed by atoms with Gasteiger partial charge >= 0.3 is 5.97 Å². The van der Waals surface area contributed by atoms with E-state index >= 15 is 0 Å². The van der Waals surface area contributed by atoms with Crippen LogP contribution in [0.2, 0.25) is 0 Å². The third kappa shape index (κ3) is 3.31. The van der Waals surface area contributed by atoms with Gasteiger partial charge in [-0.05, 0) is 36.7 Å². The van der Waals surface area contributed by atoms with Crippen molar-refractivity contribution in [2.24, 2.45) is 5.92 Å². The predicted octanol–water partition coefficient (Wildman–Crippen LogP) is 3.71. The highest BCUT2D eigenvalue weighted by molar-refractivity contribution is 8.04. The third-order valence-corrected chi connectivity index (χ3v) is 8.30. The number of thioether (sulfide) groups is 1. The minimum absolute atomic E-state index is 0.419. The molecule has 3 heterocycles. The van der Waals surface area contributed by atoms with E-state index in [9.17, 15) is 15.0 Å². The fourth-order valence-corrected chi connectivity index (χ4v) is 6.34. The van der Waals surface area contributed by atoms with Crippen molar-refractivity contribution < 1.29 is 19.7 Å². The molecule has 0 aliphatic carbocycles. The molecule has 0 fully saturated rings. The van der Waals surface area contributed by atoms with Crippen LogP contribution in [0.3, 0.4) is 0 Å². The van der Waals surface area contributed by atoms with E-state index < -0.39 is 28.3 Å². The van der Waals surface area contributed by atoms with E-state index in [1.807, 2.05) is 35.0 Å². The number of esters is 1. The molecule has 25 heavy (non-hydrogen) atoms. The highest BCUT2D eigenvalue weighted by Gasteiger charge is 2.51. The van der Waals surface area contributed by atoms with Gasteiger partial charge in [-0.1, -0.05) is 18.2 Å². The Balaban J connectivity index is 2.03. The van der Waals surface area contributed by atoms with Gasteiger partial charge < -0.3 is 14.9 Å². The molecular formula is C18H20O4S3. The van der Waals surface area contributed by atoms with Crippen molar-refractivity contribution in [3.63, 3.8) is 0 Å². The molecule has 134 valence electrons. The summed E-state index contributed by atoms with van der Waals surface area (Å²) in [5, 5.41) is 25.9. The Morgan fingerprint density at radius 2 is 1.64 bits per heavy atom. The van der Waals surface area contributed by atoms with E-state index in [-0.39, 0.29) is 0 Å². The van der Waals surface area contributed by atoms with Crippen molar-refractivity contribution in [3.05, 3.63) is 55.8 Å². The van der Waals surface area contributed by atoms with E-state index in [4.69, 9.17) is 4.74 Å². The molecule has 3 rings (SSSR count). The maximum Gasteiger partial charge on any atom is 0.344 e. The summed E-state index contributed by atoms with van der Waals surface area (Å²) in [6, 6.07) is 7.51. The van der Waals surface area contributed by atoms with E-state index in [2.05, 4.69) is 0 Å². The lowest BCUT2D eigenvalue weighted by Crippen LogP contribution is -2.44. The van der Waals surface area contributed by atoms with Gasteiger partial charge in [-0.15, -0.1) is 34.4 Å². The first kappa shape index (κ1) is 18.7. The lowest BCUT2D eigenvalue weighted by Gasteiger charge is -2.39. The minimum Gasteiger partial charge on any atom is -0.465 e. The van der Waals surface area contributed by atoms with Crippen LogP contribution < -0.4 is 0 Å². The van der Waals surface area contributed by atoms with Crippen molar-refractivity contribution in [3.8, 4) is 0 Å². The normalized spacial score (nSPS) is 25.1. The van der Waals surface area contributed by atoms with Crippen LogP contribution >= 0.6 is 34.4 Å². The molecule has 4 nitrogen and oxygen atoms in total. The first-order chi connectivity index (χ1) is 11.8. The Kier molecular flexibility index (Phi) is 5.14. The molecule has 0 aromatic carbocycles. The summed E-state index contributed by atoms with van der Waals surface area (Å²) in [6.07, 6.45) is 1.74. The molecule has 4 unspecified atom stereocenters. The summed E-state index contributed by atoms with van der Waals surface area (Å²) < 4.78 is 4.85. The number of carbonyl (C=O) groups excluding carboxylic acids is 1. The second-order valence-corrected chi connectivity index (χ2v) is 9.42. The van der Waals surface area contributed by atoms with Gasteiger partial charge in [-0.2, -0.15) is 0 Å². The van der Waals surface area contributed by atoms with E-state index in [0.29, 0.717) is 4.91 Å². The summed E-state index contributed by atoms with van der Waals surface area (Å²) in [5.41, 5.74) is -2.40. The van der Waals surface area contributed by atoms with Gasteiger partial charge in [0.25, 0.3) is 0 Å². The van der Waals surface area contributed by atoms with Crippen molar-refractivity contribution >= 4 is 40.4 Å². The molecule has 1 aliphatic rings. The third-order valence-electron chi connectivity index (χ3n) is 4.54. The number of thiophene rings is 2. The fourth-order valence-electron chi connectivity index (χ4n) is 3.08. The molecule has 4 atom stereocenters. The zero-order valence-corrected chi connectivity index (χ0v) is 16.6. The zero-order chi connectivity index (χ0) is 18.2. The first-order valence-corrected chi connectivity index (χ1v) is 10.4. The molecule has 0 radical (unpaired) electrons. The van der Waals surface area contributed by atoms with Crippen molar-refractivity contribution in [1.29, 1.82) is 0 Å². The Labute approximate surface area is 159 Å².